The molecule has 5 aromatic rings. The van der Waals surface area contributed by atoms with Gasteiger partial charge in [0.1, 0.15) is 10.9 Å². The van der Waals surface area contributed by atoms with Crippen molar-refractivity contribution in [1.29, 1.82) is 5.26 Å². The van der Waals surface area contributed by atoms with Crippen LogP contribution in [0.4, 0.5) is 14.5 Å². The second-order valence-corrected chi connectivity index (χ2v) is 11.6. The van der Waals surface area contributed by atoms with Gasteiger partial charge in [-0.05, 0) is 60.6 Å². The van der Waals surface area contributed by atoms with Crippen LogP contribution in [-0.2, 0) is 9.53 Å². The largest absolute Gasteiger partial charge is 0.469 e. The summed E-state index contributed by atoms with van der Waals surface area (Å²) in [5.41, 5.74) is 5.42. The average Bonchev–Trinajstić information content (AvgIpc) is 3.51. The quantitative estimate of drug-likeness (QED) is 0.196. The van der Waals surface area contributed by atoms with Crippen LogP contribution in [0, 0.1) is 35.8 Å². The Morgan fingerprint density at radius 3 is 2.55 bits per heavy atom. The molecule has 0 bridgehead atoms. The van der Waals surface area contributed by atoms with Gasteiger partial charge in [0.2, 0.25) is 0 Å². The van der Waals surface area contributed by atoms with Crippen LogP contribution in [0.2, 0.25) is 0 Å². The molecule has 0 saturated carbocycles. The summed E-state index contributed by atoms with van der Waals surface area (Å²) in [6, 6.07) is 22.4. The molecule has 0 atom stereocenters. The van der Waals surface area contributed by atoms with E-state index in [0.29, 0.717) is 40.0 Å². The summed E-state index contributed by atoms with van der Waals surface area (Å²) in [4.78, 5) is 15.5. The summed E-state index contributed by atoms with van der Waals surface area (Å²) < 4.78 is 36.2. The minimum Gasteiger partial charge on any atom is -0.469 e. The van der Waals surface area contributed by atoms with E-state index in [4.69, 9.17) is 4.74 Å². The predicted molar refractivity (Wildman–Crippen MR) is 155 cm³/mol. The third-order valence-electron chi connectivity index (χ3n) is 7.12. The first kappa shape index (κ1) is 26.1. The van der Waals surface area contributed by atoms with Gasteiger partial charge in [0.15, 0.2) is 11.6 Å². The number of aryl methyl sites for hydroxylation is 1. The lowest BCUT2D eigenvalue weighted by Gasteiger charge is -2.39. The van der Waals surface area contributed by atoms with Gasteiger partial charge in [0.05, 0.1) is 24.2 Å². The van der Waals surface area contributed by atoms with Crippen LogP contribution in [0.15, 0.2) is 77.0 Å². The summed E-state index contributed by atoms with van der Waals surface area (Å²) in [6.45, 7) is 3.10. The van der Waals surface area contributed by atoms with E-state index in [0.717, 1.165) is 27.4 Å². The van der Waals surface area contributed by atoms with E-state index in [1.165, 1.54) is 42.5 Å². The molecule has 0 amide bonds. The fourth-order valence-corrected chi connectivity index (χ4v) is 6.73. The molecule has 0 spiro atoms. The zero-order valence-corrected chi connectivity index (χ0v) is 23.3. The first-order valence-corrected chi connectivity index (χ1v) is 14.2. The number of halogens is 2. The minimum absolute atomic E-state index is 0.178. The lowest BCUT2D eigenvalue weighted by molar-refractivity contribution is -0.146. The summed E-state index contributed by atoms with van der Waals surface area (Å²) in [7, 11) is 1.39. The molecule has 1 aliphatic rings. The Hall–Kier alpha value is -4.13. The van der Waals surface area contributed by atoms with Crippen molar-refractivity contribution in [3.8, 4) is 28.5 Å². The number of carbonyl (C=O) groups is 1. The van der Waals surface area contributed by atoms with Crippen LogP contribution >= 0.6 is 23.3 Å². The third kappa shape index (κ3) is 4.53. The predicted octanol–water partition coefficient (Wildman–Crippen LogP) is 7.66. The minimum atomic E-state index is -0.949. The molecule has 6 rings (SSSR count). The van der Waals surface area contributed by atoms with Crippen molar-refractivity contribution in [3.63, 3.8) is 0 Å². The monoisotopic (exact) mass is 571 g/mol. The lowest BCUT2D eigenvalue weighted by Crippen LogP contribution is -2.50. The fourth-order valence-electron chi connectivity index (χ4n) is 5.04. The van der Waals surface area contributed by atoms with Crippen LogP contribution in [-0.4, -0.2) is 30.1 Å². The summed E-state index contributed by atoms with van der Waals surface area (Å²) >= 11 is 2.72. The van der Waals surface area contributed by atoms with E-state index in [9.17, 15) is 18.8 Å². The first-order valence-electron chi connectivity index (χ1n) is 12.6. The SMILES string of the molecule is COC(=O)C1CN(c2cccc(-c3c(-c4ccsc4C#N)c4cc(F)c(F)cc4n3Sc3ccc(C)cc3)c2)C1. The second kappa shape index (κ2) is 10.5. The zero-order valence-electron chi connectivity index (χ0n) is 21.7. The molecular weight excluding hydrogens is 548 g/mol. The van der Waals surface area contributed by atoms with Crippen molar-refractivity contribution in [1.82, 2.24) is 3.97 Å². The van der Waals surface area contributed by atoms with Crippen LogP contribution in [0.25, 0.3) is 33.3 Å². The molecule has 1 aliphatic heterocycles. The molecule has 5 nitrogen and oxygen atoms in total. The van der Waals surface area contributed by atoms with Crippen molar-refractivity contribution in [2.24, 2.45) is 5.92 Å². The number of anilines is 1. The Kier molecular flexibility index (Phi) is 6.82. The van der Waals surface area contributed by atoms with Crippen LogP contribution < -0.4 is 4.90 Å². The molecule has 40 heavy (non-hydrogen) atoms. The number of hydrogen-bond donors (Lipinski definition) is 0. The van der Waals surface area contributed by atoms with Gasteiger partial charge in [0.25, 0.3) is 0 Å². The van der Waals surface area contributed by atoms with E-state index in [-0.39, 0.29) is 11.9 Å². The van der Waals surface area contributed by atoms with Crippen LogP contribution in [0.5, 0.6) is 0 Å². The molecule has 3 heterocycles. The molecule has 2 aromatic heterocycles. The normalized spacial score (nSPS) is 13.3. The zero-order chi connectivity index (χ0) is 28.0. The van der Waals surface area contributed by atoms with E-state index in [1.54, 1.807) is 0 Å². The number of rotatable bonds is 6. The average molecular weight is 572 g/mol. The molecular formula is C31H23F2N3O2S2. The first-order chi connectivity index (χ1) is 19.4. The van der Waals surface area contributed by atoms with Crippen molar-refractivity contribution >= 4 is 45.8 Å². The number of aromatic nitrogens is 1. The van der Waals surface area contributed by atoms with Gasteiger partial charge in [0, 0.05) is 51.8 Å². The molecule has 200 valence electrons. The Morgan fingerprint density at radius 2 is 1.82 bits per heavy atom. The molecule has 0 radical (unpaired) electrons. The fraction of sp³-hybridized carbons (Fsp3) is 0.161. The second-order valence-electron chi connectivity index (χ2n) is 9.66. The van der Waals surface area contributed by atoms with Gasteiger partial charge in [-0.15, -0.1) is 11.3 Å². The highest BCUT2D eigenvalue weighted by molar-refractivity contribution is 7.98. The number of nitrogens with zero attached hydrogens (tertiary/aromatic N) is 3. The number of benzene rings is 3. The van der Waals surface area contributed by atoms with Gasteiger partial charge in [-0.25, -0.2) is 8.78 Å². The number of hydrogen-bond acceptors (Lipinski definition) is 6. The number of esters is 1. The standard InChI is InChI=1S/C31H23F2N3O2S2/c1-18-6-8-22(9-7-18)40-36-27-14-26(33)25(32)13-24(27)29(23-10-11-39-28(23)15-34)30(36)19-4-3-5-21(12-19)35-16-20(17-35)31(37)38-2/h3-14,20H,16-17H2,1-2H3. The smallest absolute Gasteiger partial charge is 0.312 e. The van der Waals surface area contributed by atoms with Crippen molar-refractivity contribution < 1.29 is 18.3 Å². The number of thiophene rings is 1. The lowest BCUT2D eigenvalue weighted by atomic mass is 9.96. The number of ether oxygens (including phenoxy) is 1. The highest BCUT2D eigenvalue weighted by Gasteiger charge is 2.34. The van der Waals surface area contributed by atoms with Crippen LogP contribution in [0.1, 0.15) is 10.4 Å². The maximum atomic E-state index is 14.7. The number of nitriles is 1. The number of carbonyl (C=O) groups excluding carboxylic acids is 1. The highest BCUT2D eigenvalue weighted by Crippen LogP contribution is 2.47. The Labute approximate surface area is 238 Å². The Morgan fingerprint density at radius 1 is 1.07 bits per heavy atom. The topological polar surface area (TPSA) is 58.3 Å². The highest BCUT2D eigenvalue weighted by atomic mass is 32.2. The van der Waals surface area contributed by atoms with E-state index >= 15 is 0 Å². The molecule has 3 aromatic carbocycles. The maximum Gasteiger partial charge on any atom is 0.312 e. The maximum absolute atomic E-state index is 14.7. The van der Waals surface area contributed by atoms with Crippen molar-refractivity contribution in [2.75, 3.05) is 25.1 Å². The molecule has 0 N–H and O–H groups in total. The van der Waals surface area contributed by atoms with E-state index in [2.05, 4.69) is 11.0 Å². The van der Waals surface area contributed by atoms with Gasteiger partial charge in [-0.2, -0.15) is 5.26 Å². The molecule has 1 saturated heterocycles. The van der Waals surface area contributed by atoms with E-state index < -0.39 is 11.6 Å². The molecule has 9 heteroatoms. The van der Waals surface area contributed by atoms with Crippen molar-refractivity contribution in [3.05, 3.63) is 94.2 Å². The van der Waals surface area contributed by atoms with Crippen molar-refractivity contribution in [2.45, 2.75) is 11.8 Å². The van der Waals surface area contributed by atoms with Gasteiger partial charge in [-0.1, -0.05) is 29.8 Å². The Bertz CT molecular complexity index is 1800. The van der Waals surface area contributed by atoms with Gasteiger partial charge >= 0.3 is 5.97 Å². The van der Waals surface area contributed by atoms with Gasteiger partial charge in [-0.3, -0.25) is 8.77 Å². The van der Waals surface area contributed by atoms with E-state index in [1.807, 2.05) is 70.9 Å². The van der Waals surface area contributed by atoms with Crippen LogP contribution in [0.3, 0.4) is 0 Å². The third-order valence-corrected chi connectivity index (χ3v) is 8.99. The Balaban J connectivity index is 1.58. The molecule has 1 fully saturated rings. The summed E-state index contributed by atoms with van der Waals surface area (Å²) in [5.74, 6) is -2.30. The van der Waals surface area contributed by atoms with Gasteiger partial charge < -0.3 is 9.64 Å². The summed E-state index contributed by atoms with van der Waals surface area (Å²) in [6.07, 6.45) is 0. The number of methoxy groups -OCH3 is 1. The molecule has 0 unspecified atom stereocenters. The number of fused-ring (bicyclic) bond motifs is 1. The summed E-state index contributed by atoms with van der Waals surface area (Å²) in [5, 5.41) is 12.2. The molecule has 0 aliphatic carbocycles.